The lowest BCUT2D eigenvalue weighted by atomic mass is 9.49. The molecule has 3 nitrogen and oxygen atoms in total. The van der Waals surface area contributed by atoms with E-state index in [0.29, 0.717) is 11.6 Å². The Morgan fingerprint density at radius 2 is 1.79 bits per heavy atom. The van der Waals surface area contributed by atoms with Gasteiger partial charge in [-0.05, 0) is 80.1 Å². The van der Waals surface area contributed by atoms with Crippen molar-refractivity contribution in [2.75, 3.05) is 0 Å². The number of hydrogen-bond donors (Lipinski definition) is 0. The summed E-state index contributed by atoms with van der Waals surface area (Å²) < 4.78 is 6.69. The molecule has 0 aromatic heterocycles. The number of rotatable bonds is 2. The van der Waals surface area contributed by atoms with E-state index in [4.69, 9.17) is 4.74 Å². The molecule has 1 aromatic carbocycles. The van der Waals surface area contributed by atoms with Gasteiger partial charge in [-0.2, -0.15) is 0 Å². The van der Waals surface area contributed by atoms with Gasteiger partial charge in [-0.25, -0.2) is 9.79 Å². The smallest absolute Gasteiger partial charge is 0.363 e. The van der Waals surface area contributed by atoms with Crippen molar-refractivity contribution in [3.63, 3.8) is 0 Å². The molecule has 0 unspecified atom stereocenters. The van der Waals surface area contributed by atoms with E-state index in [0.717, 1.165) is 47.1 Å². The van der Waals surface area contributed by atoms with Crippen molar-refractivity contribution in [3.05, 3.63) is 40.0 Å². The number of carbonyl (C=O) groups is 1. The second-order valence-corrected chi connectivity index (χ2v) is 9.00. The summed E-state index contributed by atoms with van der Waals surface area (Å²) in [5, 5.41) is 0. The second kappa shape index (κ2) is 5.29. The maximum absolute atomic E-state index is 12.4. The zero-order valence-electron chi connectivity index (χ0n) is 13.5. The van der Waals surface area contributed by atoms with Crippen LogP contribution in [0.4, 0.5) is 0 Å². The van der Waals surface area contributed by atoms with Gasteiger partial charge < -0.3 is 4.74 Å². The van der Waals surface area contributed by atoms with Crippen LogP contribution in [0.25, 0.3) is 6.08 Å². The SMILES string of the molecule is O=C1OC(C23CC4CC(CC(C4)C2)C3)=NC1=Cc1cccc(Br)c1. The summed E-state index contributed by atoms with van der Waals surface area (Å²) in [6, 6.07) is 7.89. The molecule has 4 aliphatic carbocycles. The molecule has 0 atom stereocenters. The predicted molar refractivity (Wildman–Crippen MR) is 96.3 cm³/mol. The van der Waals surface area contributed by atoms with E-state index < -0.39 is 0 Å². The van der Waals surface area contributed by atoms with Crippen LogP contribution in [-0.2, 0) is 9.53 Å². The summed E-state index contributed by atoms with van der Waals surface area (Å²) >= 11 is 3.47. The number of cyclic esters (lactones) is 1. The molecule has 6 rings (SSSR count). The van der Waals surface area contributed by atoms with E-state index in [9.17, 15) is 4.79 Å². The van der Waals surface area contributed by atoms with Crippen LogP contribution in [0.1, 0.15) is 44.1 Å². The van der Waals surface area contributed by atoms with Crippen LogP contribution < -0.4 is 0 Å². The highest BCUT2D eigenvalue weighted by Gasteiger charge is 2.55. The number of benzene rings is 1. The first-order chi connectivity index (χ1) is 11.6. The first-order valence-electron chi connectivity index (χ1n) is 8.88. The Balaban J connectivity index is 1.48. The minimum absolute atomic E-state index is 0.0390. The Kier molecular flexibility index (Phi) is 3.28. The van der Waals surface area contributed by atoms with Crippen LogP contribution in [-0.4, -0.2) is 11.9 Å². The highest BCUT2D eigenvalue weighted by Crippen LogP contribution is 2.61. The lowest BCUT2D eigenvalue weighted by Gasteiger charge is -2.55. The van der Waals surface area contributed by atoms with Crippen molar-refractivity contribution < 1.29 is 9.53 Å². The lowest BCUT2D eigenvalue weighted by molar-refractivity contribution is -0.131. The molecule has 124 valence electrons. The molecular formula is C20H20BrNO2. The molecule has 4 bridgehead atoms. The second-order valence-electron chi connectivity index (χ2n) is 8.09. The van der Waals surface area contributed by atoms with Crippen LogP contribution >= 0.6 is 15.9 Å². The van der Waals surface area contributed by atoms with E-state index in [1.165, 1.54) is 19.3 Å². The molecule has 5 aliphatic rings. The molecule has 1 aromatic rings. The third-order valence-electron chi connectivity index (χ3n) is 6.26. The van der Waals surface area contributed by atoms with Crippen molar-refractivity contribution in [1.29, 1.82) is 0 Å². The highest BCUT2D eigenvalue weighted by molar-refractivity contribution is 9.10. The van der Waals surface area contributed by atoms with Gasteiger partial charge in [0.1, 0.15) is 0 Å². The maximum atomic E-state index is 12.4. The van der Waals surface area contributed by atoms with Crippen LogP contribution in [0.3, 0.4) is 0 Å². The molecule has 1 aliphatic heterocycles. The number of aliphatic imine (C=N–C) groups is 1. The zero-order valence-corrected chi connectivity index (χ0v) is 15.1. The third-order valence-corrected chi connectivity index (χ3v) is 6.76. The summed E-state index contributed by atoms with van der Waals surface area (Å²) in [4.78, 5) is 17.0. The van der Waals surface area contributed by atoms with E-state index in [2.05, 4.69) is 20.9 Å². The topological polar surface area (TPSA) is 38.7 Å². The third kappa shape index (κ3) is 2.38. The number of carbonyl (C=O) groups excluding carboxylic acids is 1. The Hall–Kier alpha value is -1.42. The first-order valence-corrected chi connectivity index (χ1v) is 9.68. The summed E-state index contributed by atoms with van der Waals surface area (Å²) in [5.41, 5.74) is 1.45. The average Bonchev–Trinajstić information content (AvgIpc) is 2.88. The lowest BCUT2D eigenvalue weighted by Crippen LogP contribution is -2.50. The predicted octanol–water partition coefficient (Wildman–Crippen LogP) is 4.96. The molecule has 4 saturated carbocycles. The molecule has 1 heterocycles. The molecular weight excluding hydrogens is 366 g/mol. The van der Waals surface area contributed by atoms with Gasteiger partial charge in [0.25, 0.3) is 0 Å². The number of hydrogen-bond acceptors (Lipinski definition) is 3. The van der Waals surface area contributed by atoms with Gasteiger partial charge in [-0.3, -0.25) is 0 Å². The monoisotopic (exact) mass is 385 g/mol. The van der Waals surface area contributed by atoms with Crippen molar-refractivity contribution >= 4 is 33.9 Å². The quantitative estimate of drug-likeness (QED) is 0.532. The normalized spacial score (nSPS) is 38.5. The fourth-order valence-corrected chi connectivity index (χ4v) is 6.18. The standard InChI is InChI=1S/C20H20BrNO2/c21-16-3-1-2-12(7-16)8-17-18(23)24-19(22-17)20-9-13-4-14(10-20)6-15(5-13)11-20/h1-3,7-8,13-15H,4-6,9-11H2. The Morgan fingerprint density at radius 1 is 1.12 bits per heavy atom. The Morgan fingerprint density at radius 3 is 2.42 bits per heavy atom. The van der Waals surface area contributed by atoms with Crippen molar-refractivity contribution in [2.45, 2.75) is 38.5 Å². The van der Waals surface area contributed by atoms with Crippen molar-refractivity contribution in [2.24, 2.45) is 28.2 Å². The van der Waals surface area contributed by atoms with Crippen molar-refractivity contribution in [1.82, 2.24) is 0 Å². The van der Waals surface area contributed by atoms with Gasteiger partial charge in [0.15, 0.2) is 5.70 Å². The van der Waals surface area contributed by atoms with Gasteiger partial charge in [0.2, 0.25) is 5.90 Å². The number of halogens is 1. The average molecular weight is 386 g/mol. The van der Waals surface area contributed by atoms with Crippen LogP contribution in [0, 0.1) is 23.2 Å². The summed E-state index contributed by atoms with van der Waals surface area (Å²) in [7, 11) is 0. The highest BCUT2D eigenvalue weighted by atomic mass is 79.9. The van der Waals surface area contributed by atoms with E-state index in [-0.39, 0.29) is 11.4 Å². The zero-order chi connectivity index (χ0) is 16.3. The minimum Gasteiger partial charge on any atom is -0.406 e. The Bertz CT molecular complexity index is 744. The van der Waals surface area contributed by atoms with Gasteiger partial charge in [-0.15, -0.1) is 0 Å². The molecule has 0 spiro atoms. The number of esters is 1. The van der Waals surface area contributed by atoms with E-state index >= 15 is 0 Å². The fourth-order valence-electron chi connectivity index (χ4n) is 5.76. The number of nitrogens with zero attached hydrogens (tertiary/aromatic N) is 1. The van der Waals surface area contributed by atoms with Crippen LogP contribution in [0.15, 0.2) is 39.4 Å². The fraction of sp³-hybridized carbons (Fsp3) is 0.500. The largest absolute Gasteiger partial charge is 0.406 e. The summed E-state index contributed by atoms with van der Waals surface area (Å²) in [6.07, 6.45) is 9.45. The first kappa shape index (κ1) is 14.9. The van der Waals surface area contributed by atoms with E-state index in [1.807, 2.05) is 30.3 Å². The number of ether oxygens (including phenoxy) is 1. The van der Waals surface area contributed by atoms with Crippen molar-refractivity contribution in [3.8, 4) is 0 Å². The molecule has 0 N–H and O–H groups in total. The molecule has 0 saturated heterocycles. The minimum atomic E-state index is -0.291. The molecule has 4 heteroatoms. The summed E-state index contributed by atoms with van der Waals surface area (Å²) in [5.74, 6) is 2.87. The van der Waals surface area contributed by atoms with Gasteiger partial charge >= 0.3 is 5.97 Å². The molecule has 0 amide bonds. The molecule has 4 fully saturated rings. The van der Waals surface area contributed by atoms with E-state index in [1.54, 1.807) is 0 Å². The molecule has 0 radical (unpaired) electrons. The van der Waals surface area contributed by atoms with Crippen LogP contribution in [0.2, 0.25) is 0 Å². The Labute approximate surface area is 150 Å². The van der Waals surface area contributed by atoms with Gasteiger partial charge in [0.05, 0.1) is 0 Å². The van der Waals surface area contributed by atoms with Gasteiger partial charge in [0, 0.05) is 9.89 Å². The summed E-state index contributed by atoms with van der Waals surface area (Å²) in [6.45, 7) is 0. The van der Waals surface area contributed by atoms with Gasteiger partial charge in [-0.1, -0.05) is 28.1 Å². The van der Waals surface area contributed by atoms with Crippen LogP contribution in [0.5, 0.6) is 0 Å². The molecule has 24 heavy (non-hydrogen) atoms. The maximum Gasteiger partial charge on any atom is 0.363 e.